The molecule has 5 heteroatoms. The van der Waals surface area contributed by atoms with E-state index < -0.39 is 0 Å². The molecule has 4 nitrogen and oxygen atoms in total. The highest BCUT2D eigenvalue weighted by Crippen LogP contribution is 2.45. The molecule has 3 fully saturated rings. The van der Waals surface area contributed by atoms with Gasteiger partial charge in [-0.3, -0.25) is 4.98 Å². The van der Waals surface area contributed by atoms with Crippen molar-refractivity contribution < 1.29 is 0 Å². The third-order valence-electron chi connectivity index (χ3n) is 7.89. The van der Waals surface area contributed by atoms with Crippen LogP contribution in [0.2, 0.25) is 0 Å². The van der Waals surface area contributed by atoms with E-state index in [0.717, 1.165) is 10.8 Å². The van der Waals surface area contributed by atoms with Crippen molar-refractivity contribution in [1.82, 2.24) is 19.8 Å². The zero-order valence-electron chi connectivity index (χ0n) is 19.0. The van der Waals surface area contributed by atoms with Crippen LogP contribution in [0.25, 0.3) is 0 Å². The van der Waals surface area contributed by atoms with Crippen molar-refractivity contribution >= 4 is 17.3 Å². The van der Waals surface area contributed by atoms with E-state index in [4.69, 9.17) is 17.2 Å². The number of nitrogens with one attached hydrogen (secondary N) is 1. The molecule has 0 aromatic carbocycles. The van der Waals surface area contributed by atoms with Gasteiger partial charge in [0.1, 0.15) is 0 Å². The Morgan fingerprint density at radius 2 is 1.61 bits per heavy atom. The fraction of sp³-hybridized carbons (Fsp3) is 0.615. The number of hydrogen-bond acceptors (Lipinski definition) is 2. The summed E-state index contributed by atoms with van der Waals surface area (Å²) in [6.45, 7) is 4.64. The molecule has 0 spiro atoms. The molecule has 5 rings (SSSR count). The van der Waals surface area contributed by atoms with Crippen molar-refractivity contribution in [3.8, 4) is 0 Å². The summed E-state index contributed by atoms with van der Waals surface area (Å²) in [5, 5.41) is 4.60. The first-order valence-corrected chi connectivity index (χ1v) is 12.7. The Hall–Kier alpha value is -1.88. The van der Waals surface area contributed by atoms with Crippen molar-refractivity contribution in [3.05, 3.63) is 53.1 Å². The first kappa shape index (κ1) is 21.0. The highest BCUT2D eigenvalue weighted by Gasteiger charge is 2.44. The van der Waals surface area contributed by atoms with Crippen molar-refractivity contribution in [2.75, 3.05) is 0 Å². The lowest BCUT2D eigenvalue weighted by molar-refractivity contribution is 0.196. The van der Waals surface area contributed by atoms with Crippen LogP contribution in [0.3, 0.4) is 0 Å². The number of nitrogens with zero attached hydrogens (tertiary/aromatic N) is 3. The van der Waals surface area contributed by atoms with Crippen molar-refractivity contribution in [2.45, 2.75) is 102 Å². The SMILES string of the molecule is Cc1cc(C2C(c3ccccn3)NC(=S)N2C2CCCCC2)c(C)n1C1CCCCC1. The molecular weight excluding hydrogens is 400 g/mol. The molecule has 31 heavy (non-hydrogen) atoms. The molecular formula is C26H36N4S. The van der Waals surface area contributed by atoms with Gasteiger partial charge in [-0.25, -0.2) is 0 Å². The zero-order valence-corrected chi connectivity index (χ0v) is 19.8. The Balaban J connectivity index is 1.57. The van der Waals surface area contributed by atoms with Crippen molar-refractivity contribution in [1.29, 1.82) is 0 Å². The maximum atomic E-state index is 5.96. The quantitative estimate of drug-likeness (QED) is 0.569. The smallest absolute Gasteiger partial charge is 0.170 e. The first-order valence-electron chi connectivity index (χ1n) is 12.3. The Labute approximate surface area is 192 Å². The molecule has 2 aromatic rings. The second kappa shape index (κ2) is 8.93. The van der Waals surface area contributed by atoms with Crippen LogP contribution in [0, 0.1) is 13.8 Å². The maximum Gasteiger partial charge on any atom is 0.170 e. The number of rotatable bonds is 4. The summed E-state index contributed by atoms with van der Waals surface area (Å²) in [4.78, 5) is 7.30. The average molecular weight is 437 g/mol. The molecule has 1 N–H and O–H groups in total. The second-order valence-electron chi connectivity index (χ2n) is 9.81. The molecule has 166 valence electrons. The summed E-state index contributed by atoms with van der Waals surface area (Å²) >= 11 is 5.96. The fourth-order valence-electron chi connectivity index (χ4n) is 6.45. The van der Waals surface area contributed by atoms with E-state index in [9.17, 15) is 0 Å². The molecule has 2 aromatic heterocycles. The highest BCUT2D eigenvalue weighted by atomic mass is 32.1. The average Bonchev–Trinajstić information content (AvgIpc) is 3.30. The van der Waals surface area contributed by atoms with Gasteiger partial charge in [-0.1, -0.05) is 44.6 Å². The van der Waals surface area contributed by atoms with Gasteiger partial charge >= 0.3 is 0 Å². The van der Waals surface area contributed by atoms with Gasteiger partial charge in [-0.2, -0.15) is 0 Å². The molecule has 0 bridgehead atoms. The summed E-state index contributed by atoms with van der Waals surface area (Å²) in [6, 6.07) is 10.2. The minimum absolute atomic E-state index is 0.107. The zero-order chi connectivity index (χ0) is 21.4. The predicted molar refractivity (Wildman–Crippen MR) is 130 cm³/mol. The molecule has 3 aliphatic rings. The van der Waals surface area contributed by atoms with Gasteiger partial charge in [-0.05, 0) is 75.5 Å². The van der Waals surface area contributed by atoms with Gasteiger partial charge in [0.25, 0.3) is 0 Å². The van der Waals surface area contributed by atoms with Crippen molar-refractivity contribution in [2.24, 2.45) is 0 Å². The van der Waals surface area contributed by atoms with Gasteiger partial charge in [0.2, 0.25) is 0 Å². The number of pyridine rings is 1. The monoisotopic (exact) mass is 436 g/mol. The van der Waals surface area contributed by atoms with Crippen LogP contribution >= 0.6 is 12.2 Å². The largest absolute Gasteiger partial charge is 0.352 e. The van der Waals surface area contributed by atoms with Crippen molar-refractivity contribution in [3.63, 3.8) is 0 Å². The van der Waals surface area contributed by atoms with E-state index >= 15 is 0 Å². The minimum Gasteiger partial charge on any atom is -0.352 e. The van der Waals surface area contributed by atoms with Gasteiger partial charge in [0.15, 0.2) is 5.11 Å². The van der Waals surface area contributed by atoms with E-state index in [1.165, 1.54) is 81.2 Å². The molecule has 2 atom stereocenters. The molecule has 3 heterocycles. The van der Waals surface area contributed by atoms with E-state index in [1.54, 1.807) is 0 Å². The lowest BCUT2D eigenvalue weighted by Gasteiger charge is -2.37. The standard InChI is InChI=1S/C26H36N4S/c1-18-17-22(19(2)29(18)20-11-5-3-6-12-20)25-24(23-15-9-10-16-27-23)28-26(31)30(25)21-13-7-4-8-14-21/h9-10,15-17,20-21,24-25H,3-8,11-14H2,1-2H3,(H,28,31). The number of aryl methyl sites for hydroxylation is 1. The Morgan fingerprint density at radius 1 is 0.935 bits per heavy atom. The Bertz CT molecular complexity index is 909. The summed E-state index contributed by atoms with van der Waals surface area (Å²) in [6.07, 6.45) is 15.1. The van der Waals surface area contributed by atoms with E-state index in [0.29, 0.717) is 12.1 Å². The lowest BCUT2D eigenvalue weighted by Crippen LogP contribution is -2.40. The highest BCUT2D eigenvalue weighted by molar-refractivity contribution is 7.80. The van der Waals surface area contributed by atoms with E-state index in [2.05, 4.69) is 46.8 Å². The van der Waals surface area contributed by atoms with Gasteiger partial charge < -0.3 is 14.8 Å². The van der Waals surface area contributed by atoms with Crippen LogP contribution in [0.4, 0.5) is 0 Å². The van der Waals surface area contributed by atoms with E-state index in [-0.39, 0.29) is 12.1 Å². The van der Waals surface area contributed by atoms with Crippen LogP contribution in [0.15, 0.2) is 30.5 Å². The van der Waals surface area contributed by atoms with E-state index in [1.807, 2.05) is 12.3 Å². The predicted octanol–water partition coefficient (Wildman–Crippen LogP) is 6.31. The molecule has 1 aliphatic heterocycles. The van der Waals surface area contributed by atoms with Gasteiger partial charge in [0.05, 0.1) is 17.8 Å². The fourth-order valence-corrected chi connectivity index (χ4v) is 6.84. The van der Waals surface area contributed by atoms with Gasteiger partial charge in [0, 0.05) is 29.7 Å². The number of aromatic nitrogens is 2. The first-order chi connectivity index (χ1) is 15.1. The van der Waals surface area contributed by atoms with Crippen LogP contribution in [-0.2, 0) is 0 Å². The second-order valence-corrected chi connectivity index (χ2v) is 10.2. The molecule has 1 saturated heterocycles. The van der Waals surface area contributed by atoms with Crippen LogP contribution in [0.5, 0.6) is 0 Å². The summed E-state index contributed by atoms with van der Waals surface area (Å²) in [5.41, 5.74) is 5.37. The van der Waals surface area contributed by atoms with Crippen LogP contribution in [-0.4, -0.2) is 25.6 Å². The third-order valence-corrected chi connectivity index (χ3v) is 8.21. The summed E-state index contributed by atoms with van der Waals surface area (Å²) < 4.78 is 2.64. The molecule has 0 amide bonds. The topological polar surface area (TPSA) is 33.1 Å². The Morgan fingerprint density at radius 3 is 2.26 bits per heavy atom. The molecule has 2 unspecified atom stereocenters. The Kier molecular flexibility index (Phi) is 6.05. The van der Waals surface area contributed by atoms with Crippen LogP contribution < -0.4 is 5.32 Å². The molecule has 2 aliphatic carbocycles. The third kappa shape index (κ3) is 3.90. The summed E-state index contributed by atoms with van der Waals surface area (Å²) in [5.74, 6) is 0. The lowest BCUT2D eigenvalue weighted by atomic mass is 9.90. The molecule has 2 saturated carbocycles. The van der Waals surface area contributed by atoms with Gasteiger partial charge in [-0.15, -0.1) is 0 Å². The number of thiocarbonyl (C=S) groups is 1. The summed E-state index contributed by atoms with van der Waals surface area (Å²) in [7, 11) is 0. The number of hydrogen-bond donors (Lipinski definition) is 1. The van der Waals surface area contributed by atoms with Crippen LogP contribution in [0.1, 0.15) is 105 Å². The normalized spacial score (nSPS) is 25.7. The minimum atomic E-state index is 0.107. The maximum absolute atomic E-state index is 5.96. The molecule has 0 radical (unpaired) electrons.